The molecule has 0 aromatic carbocycles. The number of epoxide rings is 1. The van der Waals surface area contributed by atoms with Crippen molar-refractivity contribution in [2.45, 2.75) is 56.7 Å². The number of aliphatic hydroxyl groups is 1. The monoisotopic (exact) mass is 392 g/mol. The first kappa shape index (κ1) is 20.3. The highest BCUT2D eigenvalue weighted by molar-refractivity contribution is 5.93. The Morgan fingerprint density at radius 3 is 2.68 bits per heavy atom. The summed E-state index contributed by atoms with van der Waals surface area (Å²) in [6.07, 6.45) is -1.53. The second kappa shape index (κ2) is 7.18. The van der Waals surface area contributed by atoms with Gasteiger partial charge in [-0.3, -0.25) is 0 Å². The number of aliphatic hydroxyl groups excluding tert-OH is 1. The van der Waals surface area contributed by atoms with Gasteiger partial charge in [0.15, 0.2) is 6.10 Å². The first-order valence-corrected chi connectivity index (χ1v) is 9.01. The van der Waals surface area contributed by atoms with Crippen molar-refractivity contribution in [3.63, 3.8) is 0 Å². The van der Waals surface area contributed by atoms with Crippen molar-refractivity contribution >= 4 is 17.9 Å². The van der Waals surface area contributed by atoms with Gasteiger partial charge < -0.3 is 24.1 Å². The van der Waals surface area contributed by atoms with Crippen LogP contribution in [0.15, 0.2) is 36.0 Å². The maximum absolute atomic E-state index is 12.4. The molecule has 3 aliphatic rings. The third-order valence-electron chi connectivity index (χ3n) is 5.49. The SMILES string of the molecule is C=C(C)C(=O)OC1C(C(=O)OC)=CCCC2(C)OC2C2OC(=O)C(=C)C2C1O. The Bertz CT molecular complexity index is 781. The fourth-order valence-electron chi connectivity index (χ4n) is 3.80. The highest BCUT2D eigenvalue weighted by atomic mass is 16.6. The van der Waals surface area contributed by atoms with E-state index in [9.17, 15) is 19.5 Å². The van der Waals surface area contributed by atoms with Crippen molar-refractivity contribution in [3.8, 4) is 0 Å². The second-order valence-electron chi connectivity index (χ2n) is 7.56. The molecule has 2 aliphatic heterocycles. The van der Waals surface area contributed by atoms with E-state index in [1.807, 2.05) is 6.92 Å². The smallest absolute Gasteiger partial charge is 0.337 e. The van der Waals surface area contributed by atoms with Crippen LogP contribution >= 0.6 is 0 Å². The quantitative estimate of drug-likeness (QED) is 0.327. The molecule has 0 bridgehead atoms. The summed E-state index contributed by atoms with van der Waals surface area (Å²) in [6, 6.07) is 0. The molecule has 8 heteroatoms. The molecule has 0 radical (unpaired) electrons. The van der Waals surface area contributed by atoms with Crippen LogP contribution in [0.25, 0.3) is 0 Å². The number of hydrogen-bond donors (Lipinski definition) is 1. The third kappa shape index (κ3) is 3.38. The summed E-state index contributed by atoms with van der Waals surface area (Å²) < 4.78 is 21.4. The van der Waals surface area contributed by atoms with Gasteiger partial charge >= 0.3 is 17.9 Å². The highest BCUT2D eigenvalue weighted by Crippen LogP contribution is 2.50. The summed E-state index contributed by atoms with van der Waals surface area (Å²) in [7, 11) is 1.19. The number of methoxy groups -OCH3 is 1. The third-order valence-corrected chi connectivity index (χ3v) is 5.49. The van der Waals surface area contributed by atoms with E-state index in [0.717, 1.165) is 0 Å². The molecular formula is C20H24O8. The molecule has 1 aliphatic carbocycles. The summed E-state index contributed by atoms with van der Waals surface area (Å²) in [6.45, 7) is 10.6. The van der Waals surface area contributed by atoms with Crippen molar-refractivity contribution in [1.82, 2.24) is 0 Å². The lowest BCUT2D eigenvalue weighted by Crippen LogP contribution is -2.46. The molecule has 1 N–H and O–H groups in total. The summed E-state index contributed by atoms with van der Waals surface area (Å²) in [5.74, 6) is -3.09. The lowest BCUT2D eigenvalue weighted by molar-refractivity contribution is -0.154. The lowest BCUT2D eigenvalue weighted by atomic mass is 9.80. The molecule has 3 rings (SSSR count). The van der Waals surface area contributed by atoms with Gasteiger partial charge in [-0.25, -0.2) is 14.4 Å². The van der Waals surface area contributed by atoms with Gasteiger partial charge in [-0.2, -0.15) is 0 Å². The Labute approximate surface area is 162 Å². The molecule has 2 fully saturated rings. The summed E-state index contributed by atoms with van der Waals surface area (Å²) >= 11 is 0. The van der Waals surface area contributed by atoms with Crippen LogP contribution in [0.3, 0.4) is 0 Å². The normalized spacial score (nSPS) is 37.0. The van der Waals surface area contributed by atoms with Crippen LogP contribution < -0.4 is 0 Å². The molecule has 6 atom stereocenters. The Balaban J connectivity index is 2.06. The van der Waals surface area contributed by atoms with Gasteiger partial charge in [0.1, 0.15) is 18.3 Å². The van der Waals surface area contributed by atoms with E-state index in [2.05, 4.69) is 13.2 Å². The van der Waals surface area contributed by atoms with Crippen LogP contribution in [0, 0.1) is 5.92 Å². The molecule has 28 heavy (non-hydrogen) atoms. The molecule has 8 nitrogen and oxygen atoms in total. The van der Waals surface area contributed by atoms with Crippen LogP contribution in [0.1, 0.15) is 26.7 Å². The van der Waals surface area contributed by atoms with Crippen molar-refractivity contribution in [1.29, 1.82) is 0 Å². The van der Waals surface area contributed by atoms with Crippen LogP contribution in [0.2, 0.25) is 0 Å². The summed E-state index contributed by atoms with van der Waals surface area (Å²) in [4.78, 5) is 36.7. The molecule has 2 heterocycles. The molecule has 152 valence electrons. The van der Waals surface area contributed by atoms with Crippen molar-refractivity contribution in [2.75, 3.05) is 7.11 Å². The van der Waals surface area contributed by atoms with E-state index in [4.69, 9.17) is 18.9 Å². The van der Waals surface area contributed by atoms with E-state index in [-0.39, 0.29) is 16.7 Å². The highest BCUT2D eigenvalue weighted by Gasteiger charge is 2.64. The topological polar surface area (TPSA) is 112 Å². The number of allylic oxidation sites excluding steroid dienone is 1. The Kier molecular flexibility index (Phi) is 5.20. The maximum Gasteiger partial charge on any atom is 0.337 e. The first-order chi connectivity index (χ1) is 13.1. The minimum atomic E-state index is -1.47. The Hall–Kier alpha value is -2.45. The van der Waals surface area contributed by atoms with Crippen molar-refractivity contribution in [3.05, 3.63) is 36.0 Å². The van der Waals surface area contributed by atoms with Crippen LogP contribution in [-0.2, 0) is 33.3 Å². The minimum Gasteiger partial charge on any atom is -0.466 e. The zero-order valence-electron chi connectivity index (χ0n) is 16.1. The number of hydrogen-bond acceptors (Lipinski definition) is 8. The molecule has 0 saturated carbocycles. The van der Waals surface area contributed by atoms with Crippen LogP contribution in [-0.4, -0.2) is 60.1 Å². The van der Waals surface area contributed by atoms with E-state index >= 15 is 0 Å². The van der Waals surface area contributed by atoms with Gasteiger partial charge in [-0.05, 0) is 26.7 Å². The van der Waals surface area contributed by atoms with Gasteiger partial charge in [0.2, 0.25) is 0 Å². The number of ether oxygens (including phenoxy) is 4. The summed E-state index contributed by atoms with van der Waals surface area (Å²) in [5.41, 5.74) is -0.428. The average molecular weight is 392 g/mol. The van der Waals surface area contributed by atoms with E-state index in [1.54, 1.807) is 6.08 Å². The molecule has 0 spiro atoms. The lowest BCUT2D eigenvalue weighted by Gasteiger charge is -2.31. The number of carbonyl (C=O) groups is 3. The molecule has 0 aromatic heterocycles. The second-order valence-corrected chi connectivity index (χ2v) is 7.56. The van der Waals surface area contributed by atoms with Crippen molar-refractivity contribution in [2.24, 2.45) is 5.92 Å². The summed E-state index contributed by atoms with van der Waals surface area (Å²) in [5, 5.41) is 11.1. The number of rotatable bonds is 3. The zero-order valence-corrected chi connectivity index (χ0v) is 16.1. The largest absolute Gasteiger partial charge is 0.466 e. The molecular weight excluding hydrogens is 368 g/mol. The molecule has 2 saturated heterocycles. The van der Waals surface area contributed by atoms with Gasteiger partial charge in [0, 0.05) is 11.1 Å². The van der Waals surface area contributed by atoms with Crippen molar-refractivity contribution < 1.29 is 38.4 Å². The van der Waals surface area contributed by atoms with Gasteiger partial charge in [0.25, 0.3) is 0 Å². The maximum atomic E-state index is 12.4. The number of esters is 3. The zero-order chi connectivity index (χ0) is 20.8. The molecule has 0 amide bonds. The Morgan fingerprint density at radius 1 is 1.39 bits per heavy atom. The fourth-order valence-corrected chi connectivity index (χ4v) is 3.80. The van der Waals surface area contributed by atoms with Gasteiger partial charge in [-0.15, -0.1) is 0 Å². The fraction of sp³-hybridized carbons (Fsp3) is 0.550. The van der Waals surface area contributed by atoms with Crippen LogP contribution in [0.5, 0.6) is 0 Å². The first-order valence-electron chi connectivity index (χ1n) is 9.01. The molecule has 0 aromatic rings. The predicted octanol–water partition coefficient (Wildman–Crippen LogP) is 0.984. The van der Waals surface area contributed by atoms with E-state index < -0.39 is 53.8 Å². The minimum absolute atomic E-state index is 0.0156. The van der Waals surface area contributed by atoms with Gasteiger partial charge in [-0.1, -0.05) is 19.2 Å². The number of carbonyl (C=O) groups excluding carboxylic acids is 3. The Morgan fingerprint density at radius 2 is 2.07 bits per heavy atom. The average Bonchev–Trinajstić information content (AvgIpc) is 3.22. The van der Waals surface area contributed by atoms with Crippen LogP contribution in [0.4, 0.5) is 0 Å². The standard InChI is InChI=1S/C20H24O8/c1-9(2)17(22)26-14-11(19(24)25-5)7-6-8-20(4)16(28-20)15-12(13(14)21)10(3)18(23)27-15/h7,12-16,21H,1,3,6,8H2,2,4-5H3. The van der Waals surface area contributed by atoms with E-state index in [0.29, 0.717) is 12.8 Å². The number of fused-ring (bicyclic) bond motifs is 3. The molecule has 6 unspecified atom stereocenters. The van der Waals surface area contributed by atoms with E-state index in [1.165, 1.54) is 14.0 Å². The van der Waals surface area contributed by atoms with Gasteiger partial charge in [0.05, 0.1) is 24.2 Å². The predicted molar refractivity (Wildman–Crippen MR) is 95.8 cm³/mol.